The van der Waals surface area contributed by atoms with Gasteiger partial charge < -0.3 is 10.1 Å². The van der Waals surface area contributed by atoms with E-state index in [4.69, 9.17) is 23.2 Å². The van der Waals surface area contributed by atoms with Gasteiger partial charge in [-0.25, -0.2) is 4.98 Å². The van der Waals surface area contributed by atoms with Crippen molar-refractivity contribution in [3.05, 3.63) is 31.5 Å². The summed E-state index contributed by atoms with van der Waals surface area (Å²) in [5, 5.41) is 5.35. The number of nitrogens with zero attached hydrogens (tertiary/aromatic N) is 2. The van der Waals surface area contributed by atoms with Crippen LogP contribution in [0.15, 0.2) is 0 Å². The van der Waals surface area contributed by atoms with E-state index in [1.54, 1.807) is 0 Å². The van der Waals surface area contributed by atoms with Crippen molar-refractivity contribution in [3.63, 3.8) is 0 Å². The molecular formula is C11H9Cl2N2ORbS. The van der Waals surface area contributed by atoms with E-state index >= 15 is 0 Å². The van der Waals surface area contributed by atoms with E-state index < -0.39 is 0 Å². The molecule has 7 heteroatoms. The first-order chi connectivity index (χ1) is 7.97. The van der Waals surface area contributed by atoms with Gasteiger partial charge >= 0.3 is 58.2 Å². The number of carbonyl (C=O) groups is 1. The fourth-order valence-electron chi connectivity index (χ4n) is 1.63. The zero-order valence-corrected chi connectivity index (χ0v) is 17.7. The molecule has 0 radical (unpaired) electrons. The maximum atomic E-state index is 11.6. The van der Waals surface area contributed by atoms with Gasteiger partial charge in [-0.05, 0) is 19.4 Å². The van der Waals surface area contributed by atoms with Crippen LogP contribution in [0.4, 0.5) is 0 Å². The van der Waals surface area contributed by atoms with Gasteiger partial charge in [-0.2, -0.15) is 0 Å². The van der Waals surface area contributed by atoms with Crippen LogP contribution in [0.25, 0.3) is 15.5 Å². The van der Waals surface area contributed by atoms with Gasteiger partial charge in [0.15, 0.2) is 0 Å². The number of hydrogen-bond acceptors (Lipinski definition) is 3. The Morgan fingerprint density at radius 3 is 2.44 bits per heavy atom. The number of aryl methyl sites for hydroxylation is 2. The van der Waals surface area contributed by atoms with E-state index in [-0.39, 0.29) is 64.1 Å². The Morgan fingerprint density at radius 2 is 1.89 bits per heavy atom. The summed E-state index contributed by atoms with van der Waals surface area (Å²) in [6.07, 6.45) is 0. The SMILES string of the molecule is C[N-]C(=O)c1sc2nc(C)c(Cl)c(C)c2c1Cl.[Rb+]. The smallest absolute Gasteiger partial charge is 0.651 e. The first-order valence-electron chi connectivity index (χ1n) is 4.86. The first-order valence-corrected chi connectivity index (χ1v) is 6.43. The Hall–Kier alpha value is 0.965. The second kappa shape index (κ2) is 6.61. The van der Waals surface area contributed by atoms with Gasteiger partial charge in [0.25, 0.3) is 0 Å². The summed E-state index contributed by atoms with van der Waals surface area (Å²) in [6.45, 7) is 3.70. The standard InChI is InChI=1S/C11H10Cl2N2OS.Rb/c1-4-6-8(13)9(10(16)14-3)17-11(6)15-5(2)7(4)12;/h1-3H3,(H,14,16);/q;+1/p-1. The molecule has 0 fully saturated rings. The molecular weight excluding hydrogens is 365 g/mol. The number of pyridine rings is 1. The maximum Gasteiger partial charge on any atom is 1.00 e. The molecule has 1 amide bonds. The molecule has 18 heavy (non-hydrogen) atoms. The third-order valence-corrected chi connectivity index (χ3v) is 4.64. The molecule has 3 nitrogen and oxygen atoms in total. The van der Waals surface area contributed by atoms with Crippen molar-refractivity contribution in [1.29, 1.82) is 0 Å². The van der Waals surface area contributed by atoms with E-state index in [2.05, 4.69) is 10.3 Å². The van der Waals surface area contributed by atoms with Gasteiger partial charge in [0, 0.05) is 5.39 Å². The van der Waals surface area contributed by atoms with Crippen LogP contribution in [-0.4, -0.2) is 17.9 Å². The van der Waals surface area contributed by atoms with Gasteiger partial charge in [-0.15, -0.1) is 18.4 Å². The van der Waals surface area contributed by atoms with Crippen LogP contribution in [0.2, 0.25) is 10.0 Å². The summed E-state index contributed by atoms with van der Waals surface area (Å²) in [7, 11) is 1.45. The summed E-state index contributed by atoms with van der Waals surface area (Å²) in [4.78, 5) is 17.1. The van der Waals surface area contributed by atoms with Crippen LogP contribution in [0.5, 0.6) is 0 Å². The van der Waals surface area contributed by atoms with E-state index in [0.717, 1.165) is 21.5 Å². The predicted octanol–water partition coefficient (Wildman–Crippen LogP) is 1.37. The summed E-state index contributed by atoms with van der Waals surface area (Å²) in [6, 6.07) is 0. The quantitative estimate of drug-likeness (QED) is 0.758. The average Bonchev–Trinajstić information content (AvgIpc) is 2.62. The molecule has 0 aromatic carbocycles. The third-order valence-electron chi connectivity index (χ3n) is 2.52. The minimum atomic E-state index is -0.328. The van der Waals surface area contributed by atoms with Crippen molar-refractivity contribution < 1.29 is 63.0 Å². The van der Waals surface area contributed by atoms with Crippen molar-refractivity contribution in [3.8, 4) is 0 Å². The molecule has 2 rings (SSSR count). The Balaban J connectivity index is 0.00000162. The van der Waals surface area contributed by atoms with E-state index in [1.807, 2.05) is 13.8 Å². The number of carbonyl (C=O) groups excluding carboxylic acids is 1. The Bertz CT molecular complexity index is 627. The normalized spacial score (nSPS) is 10.3. The number of amides is 1. The molecule has 2 aromatic heterocycles. The molecule has 0 atom stereocenters. The number of fused-ring (bicyclic) bond motifs is 1. The number of halogens is 2. The third kappa shape index (κ3) is 2.85. The monoisotopic (exact) mass is 372 g/mol. The summed E-state index contributed by atoms with van der Waals surface area (Å²) >= 11 is 13.6. The van der Waals surface area contributed by atoms with Crippen LogP contribution in [-0.2, 0) is 0 Å². The van der Waals surface area contributed by atoms with Gasteiger partial charge in [0.05, 0.1) is 26.5 Å². The fraction of sp³-hybridized carbons (Fsp3) is 0.273. The molecule has 0 saturated heterocycles. The number of thiophene rings is 1. The van der Waals surface area contributed by atoms with Gasteiger partial charge in [-0.1, -0.05) is 23.2 Å². The van der Waals surface area contributed by atoms with Crippen LogP contribution < -0.4 is 58.2 Å². The van der Waals surface area contributed by atoms with Crippen molar-refractivity contribution in [2.75, 3.05) is 7.05 Å². The summed E-state index contributed by atoms with van der Waals surface area (Å²) < 4.78 is 0. The minimum absolute atomic E-state index is 0. The molecule has 0 aliphatic rings. The van der Waals surface area contributed by atoms with Crippen LogP contribution in [0.1, 0.15) is 20.9 Å². The molecule has 0 N–H and O–H groups in total. The topological polar surface area (TPSA) is 44.1 Å². The van der Waals surface area contributed by atoms with Crippen molar-refractivity contribution in [2.45, 2.75) is 13.8 Å². The molecule has 0 spiro atoms. The minimum Gasteiger partial charge on any atom is -0.651 e. The van der Waals surface area contributed by atoms with Gasteiger partial charge in [0.1, 0.15) is 4.83 Å². The zero-order chi connectivity index (χ0) is 12.7. The van der Waals surface area contributed by atoms with Crippen molar-refractivity contribution in [2.24, 2.45) is 0 Å². The van der Waals surface area contributed by atoms with Crippen molar-refractivity contribution in [1.82, 2.24) is 4.98 Å². The second-order valence-electron chi connectivity index (χ2n) is 3.59. The molecule has 90 valence electrons. The average molecular weight is 374 g/mol. The largest absolute Gasteiger partial charge is 1.00 e. The summed E-state index contributed by atoms with van der Waals surface area (Å²) in [5.41, 5.74) is 1.59. The van der Waals surface area contributed by atoms with Gasteiger partial charge in [-0.3, -0.25) is 0 Å². The molecule has 0 aliphatic carbocycles. The number of aromatic nitrogens is 1. The van der Waals surface area contributed by atoms with Crippen molar-refractivity contribution >= 4 is 50.7 Å². The summed E-state index contributed by atoms with van der Waals surface area (Å²) in [5.74, 6) is -0.328. The van der Waals surface area contributed by atoms with Crippen LogP contribution >= 0.6 is 34.5 Å². The maximum absolute atomic E-state index is 11.6. The number of rotatable bonds is 1. The molecule has 2 aromatic rings. The van der Waals surface area contributed by atoms with E-state index in [1.165, 1.54) is 18.4 Å². The van der Waals surface area contributed by atoms with Crippen LogP contribution in [0.3, 0.4) is 0 Å². The fourth-order valence-corrected chi connectivity index (χ4v) is 3.35. The number of hydrogen-bond donors (Lipinski definition) is 0. The molecule has 0 aliphatic heterocycles. The second-order valence-corrected chi connectivity index (χ2v) is 5.35. The molecule has 2 heterocycles. The Kier molecular flexibility index (Phi) is 6.25. The van der Waals surface area contributed by atoms with Crippen LogP contribution in [0, 0.1) is 13.8 Å². The predicted molar refractivity (Wildman–Crippen MR) is 72.7 cm³/mol. The van der Waals surface area contributed by atoms with Gasteiger partial charge in [0.2, 0.25) is 0 Å². The molecule has 0 unspecified atom stereocenters. The van der Waals surface area contributed by atoms with E-state index in [9.17, 15) is 4.79 Å². The molecule has 0 bridgehead atoms. The first kappa shape index (κ1) is 17.0. The zero-order valence-electron chi connectivity index (χ0n) is 10.5. The Morgan fingerprint density at radius 1 is 1.28 bits per heavy atom. The molecule has 0 saturated carbocycles. The Labute approximate surface area is 168 Å². The van der Waals surface area contributed by atoms with E-state index in [0.29, 0.717) is 14.9 Å².